The lowest BCUT2D eigenvalue weighted by Gasteiger charge is -2.33. The number of benzene rings is 1. The summed E-state index contributed by atoms with van der Waals surface area (Å²) in [5.41, 5.74) is 1.02. The van der Waals surface area contributed by atoms with Gasteiger partial charge in [-0.25, -0.2) is 18.0 Å². The van der Waals surface area contributed by atoms with Gasteiger partial charge < -0.3 is 10.2 Å². The van der Waals surface area contributed by atoms with Crippen LogP contribution in [0.15, 0.2) is 59.6 Å². The first-order chi connectivity index (χ1) is 13.3. The van der Waals surface area contributed by atoms with Crippen molar-refractivity contribution in [2.75, 3.05) is 26.2 Å². The quantitative estimate of drug-likeness (QED) is 0.711. The number of hydrogen-bond donors (Lipinski definition) is 2. The molecular weight excluding hydrogens is 386 g/mol. The van der Waals surface area contributed by atoms with Crippen molar-refractivity contribution in [1.82, 2.24) is 14.2 Å². The van der Waals surface area contributed by atoms with Crippen molar-refractivity contribution in [3.8, 4) is 0 Å². The number of rotatable bonds is 4. The number of nitrogens with zero attached hydrogens (tertiary/aromatic N) is 3. The highest BCUT2D eigenvalue weighted by atomic mass is 32.2. The summed E-state index contributed by atoms with van der Waals surface area (Å²) in [5, 5.41) is 14.8. The van der Waals surface area contributed by atoms with E-state index in [0.29, 0.717) is 18.0 Å². The number of carboxylic acids is 2. The first-order valence-corrected chi connectivity index (χ1v) is 9.88. The van der Waals surface area contributed by atoms with E-state index in [1.54, 1.807) is 34.8 Å². The Kier molecular flexibility index (Phi) is 7.61. The topological polar surface area (TPSA) is 128 Å². The van der Waals surface area contributed by atoms with Gasteiger partial charge in [0.2, 0.25) is 10.0 Å². The van der Waals surface area contributed by atoms with Gasteiger partial charge in [0.25, 0.3) is 0 Å². The Morgan fingerprint density at radius 2 is 1.46 bits per heavy atom. The summed E-state index contributed by atoms with van der Waals surface area (Å²) in [6.45, 7) is 3.25. The average Bonchev–Trinajstić information content (AvgIpc) is 2.70. The Hall–Kier alpha value is -2.82. The molecule has 1 aliphatic rings. The molecule has 0 atom stereocenters. The predicted molar refractivity (Wildman–Crippen MR) is 100.0 cm³/mol. The predicted octanol–water partition coefficient (Wildman–Crippen LogP) is 0.744. The molecule has 1 aromatic heterocycles. The third-order valence-corrected chi connectivity index (χ3v) is 5.92. The molecule has 2 aromatic rings. The monoisotopic (exact) mass is 407 g/mol. The summed E-state index contributed by atoms with van der Waals surface area (Å²) in [4.78, 5) is 25.1. The molecule has 0 saturated carbocycles. The summed E-state index contributed by atoms with van der Waals surface area (Å²) in [5.74, 6) is -3.65. The number of hydrogen-bond acceptors (Lipinski definition) is 6. The fourth-order valence-corrected chi connectivity index (χ4v) is 4.03. The van der Waals surface area contributed by atoms with Gasteiger partial charge in [-0.05, 0) is 24.3 Å². The van der Waals surface area contributed by atoms with E-state index >= 15 is 0 Å². The zero-order chi connectivity index (χ0) is 20.6. The second-order valence-electron chi connectivity index (χ2n) is 5.92. The van der Waals surface area contributed by atoms with Crippen molar-refractivity contribution in [3.63, 3.8) is 0 Å². The van der Waals surface area contributed by atoms with Crippen molar-refractivity contribution >= 4 is 22.0 Å². The minimum Gasteiger partial charge on any atom is -0.473 e. The van der Waals surface area contributed by atoms with Gasteiger partial charge in [-0.3, -0.25) is 9.88 Å². The molecule has 0 aliphatic carbocycles. The summed E-state index contributed by atoms with van der Waals surface area (Å²) in [6, 6.07) is 14.5. The molecule has 1 fully saturated rings. The van der Waals surface area contributed by atoms with Crippen LogP contribution in [0.4, 0.5) is 0 Å². The van der Waals surface area contributed by atoms with Gasteiger partial charge in [-0.2, -0.15) is 4.31 Å². The van der Waals surface area contributed by atoms with Crippen LogP contribution in [0.25, 0.3) is 0 Å². The first-order valence-electron chi connectivity index (χ1n) is 8.44. The van der Waals surface area contributed by atoms with Crippen molar-refractivity contribution < 1.29 is 28.2 Å². The minimum absolute atomic E-state index is 0.369. The molecule has 0 radical (unpaired) electrons. The number of aromatic nitrogens is 1. The number of aliphatic carboxylic acids is 2. The number of piperazine rings is 1. The zero-order valence-corrected chi connectivity index (χ0v) is 15.8. The molecule has 0 amide bonds. The lowest BCUT2D eigenvalue weighted by Crippen LogP contribution is -2.48. The van der Waals surface area contributed by atoms with Crippen LogP contribution >= 0.6 is 0 Å². The highest BCUT2D eigenvalue weighted by Crippen LogP contribution is 2.17. The summed E-state index contributed by atoms with van der Waals surface area (Å²) in [7, 11) is -3.37. The smallest absolute Gasteiger partial charge is 0.414 e. The van der Waals surface area contributed by atoms with Crippen LogP contribution in [0, 0.1) is 0 Å². The van der Waals surface area contributed by atoms with Crippen LogP contribution in [0.3, 0.4) is 0 Å². The Balaban J connectivity index is 0.000000409. The van der Waals surface area contributed by atoms with E-state index in [9.17, 15) is 8.42 Å². The van der Waals surface area contributed by atoms with Gasteiger partial charge in [0, 0.05) is 38.9 Å². The second-order valence-corrected chi connectivity index (χ2v) is 7.86. The molecular formula is C18H21N3O6S. The first kappa shape index (κ1) is 21.5. The van der Waals surface area contributed by atoms with Gasteiger partial charge in [0.15, 0.2) is 0 Å². The summed E-state index contributed by atoms with van der Waals surface area (Å²) >= 11 is 0. The van der Waals surface area contributed by atoms with Crippen molar-refractivity contribution in [2.24, 2.45) is 0 Å². The molecule has 0 bridgehead atoms. The van der Waals surface area contributed by atoms with Crippen LogP contribution in [-0.4, -0.2) is 70.9 Å². The van der Waals surface area contributed by atoms with Gasteiger partial charge in [0.05, 0.1) is 10.6 Å². The van der Waals surface area contributed by atoms with E-state index in [4.69, 9.17) is 19.8 Å². The maximum Gasteiger partial charge on any atom is 0.414 e. The third-order valence-electron chi connectivity index (χ3n) is 4.01. The van der Waals surface area contributed by atoms with Crippen LogP contribution in [0.5, 0.6) is 0 Å². The largest absolute Gasteiger partial charge is 0.473 e. The average molecular weight is 407 g/mol. The molecule has 2 N–H and O–H groups in total. The Bertz CT molecular complexity index is 870. The van der Waals surface area contributed by atoms with Crippen molar-refractivity contribution in [1.29, 1.82) is 0 Å². The zero-order valence-electron chi connectivity index (χ0n) is 15.0. The van der Waals surface area contributed by atoms with Crippen molar-refractivity contribution in [2.45, 2.75) is 11.4 Å². The molecule has 28 heavy (non-hydrogen) atoms. The highest BCUT2D eigenvalue weighted by molar-refractivity contribution is 7.89. The normalized spacial score (nSPS) is 15.3. The van der Waals surface area contributed by atoms with Crippen LogP contribution < -0.4 is 0 Å². The second kappa shape index (κ2) is 9.93. The molecule has 0 unspecified atom stereocenters. The minimum atomic E-state index is -3.37. The Morgan fingerprint density at radius 1 is 0.893 bits per heavy atom. The van der Waals surface area contributed by atoms with Gasteiger partial charge in [-0.1, -0.05) is 24.3 Å². The van der Waals surface area contributed by atoms with Crippen LogP contribution in [0.1, 0.15) is 5.69 Å². The molecule has 150 valence electrons. The van der Waals surface area contributed by atoms with Gasteiger partial charge >= 0.3 is 11.9 Å². The number of pyridine rings is 1. The van der Waals surface area contributed by atoms with Gasteiger partial charge in [0.1, 0.15) is 0 Å². The molecule has 9 nitrogen and oxygen atoms in total. The third kappa shape index (κ3) is 6.12. The SMILES string of the molecule is O=C(O)C(=O)O.O=S(=O)(c1ccccc1)N1CCN(Cc2ccccn2)CC1. The van der Waals surface area contributed by atoms with E-state index in [1.165, 1.54) is 0 Å². The van der Waals surface area contributed by atoms with Crippen LogP contribution in [0.2, 0.25) is 0 Å². The van der Waals surface area contributed by atoms with Gasteiger partial charge in [-0.15, -0.1) is 0 Å². The summed E-state index contributed by atoms with van der Waals surface area (Å²) < 4.78 is 26.7. The van der Waals surface area contributed by atoms with Crippen molar-refractivity contribution in [3.05, 3.63) is 60.4 Å². The molecule has 2 heterocycles. The maximum absolute atomic E-state index is 12.5. The lowest BCUT2D eigenvalue weighted by atomic mass is 10.3. The number of carbonyl (C=O) groups is 2. The number of carboxylic acid groups (broad SMARTS) is 2. The van der Waals surface area contributed by atoms with E-state index in [-0.39, 0.29) is 0 Å². The molecule has 1 aromatic carbocycles. The Labute approximate surface area is 162 Å². The standard InChI is InChI=1S/C16H19N3O2S.C2H2O4/c20-22(21,16-7-2-1-3-8-16)19-12-10-18(11-13-19)14-15-6-4-5-9-17-15;3-1(4)2(5)6/h1-9H,10-14H2;(H,3,4)(H,5,6). The van der Waals surface area contributed by atoms with E-state index in [0.717, 1.165) is 25.3 Å². The molecule has 0 spiro atoms. The molecule has 10 heteroatoms. The fraction of sp³-hybridized carbons (Fsp3) is 0.278. The molecule has 1 aliphatic heterocycles. The maximum atomic E-state index is 12.5. The molecule has 1 saturated heterocycles. The number of sulfonamides is 1. The lowest BCUT2D eigenvalue weighted by molar-refractivity contribution is -0.159. The fourth-order valence-electron chi connectivity index (χ4n) is 2.59. The Morgan fingerprint density at radius 3 is 1.96 bits per heavy atom. The highest BCUT2D eigenvalue weighted by Gasteiger charge is 2.28. The van der Waals surface area contributed by atoms with Crippen LogP contribution in [-0.2, 0) is 26.2 Å². The van der Waals surface area contributed by atoms with E-state index in [1.807, 2.05) is 24.3 Å². The van der Waals surface area contributed by atoms with E-state index < -0.39 is 22.0 Å². The van der Waals surface area contributed by atoms with E-state index in [2.05, 4.69) is 9.88 Å². The summed E-state index contributed by atoms with van der Waals surface area (Å²) in [6.07, 6.45) is 1.78. The molecule has 3 rings (SSSR count).